The van der Waals surface area contributed by atoms with Crippen LogP contribution in [-0.2, 0) is 9.59 Å². The van der Waals surface area contributed by atoms with Crippen LogP contribution >= 0.6 is 46.4 Å². The van der Waals surface area contributed by atoms with E-state index in [-0.39, 0.29) is 59.7 Å². The number of carbonyl (C=O) groups is 2. The number of benzene rings is 4. The number of hydrogen-bond acceptors (Lipinski definition) is 4. The smallest absolute Gasteiger partial charge is 0.229 e. The molecule has 0 saturated carbocycles. The van der Waals surface area contributed by atoms with Crippen LogP contribution in [0.3, 0.4) is 0 Å². The molecule has 0 radical (unpaired) electrons. The summed E-state index contributed by atoms with van der Waals surface area (Å²) >= 11 is 25.3. The minimum Gasteiger partial charge on any atom is -0.390 e. The molecule has 10 heteroatoms. The van der Waals surface area contributed by atoms with Crippen LogP contribution in [0.5, 0.6) is 0 Å². The highest BCUT2D eigenvalue weighted by atomic mass is 35.5. The number of carbonyl (C=O) groups excluding carboxylic acids is 2. The number of allylic oxidation sites excluding steroid dienone is 2. The first-order chi connectivity index (χ1) is 31.8. The van der Waals surface area contributed by atoms with Crippen molar-refractivity contribution in [2.45, 2.75) is 155 Å². The maximum atomic E-state index is 14.3. The quantitative estimate of drug-likeness (QED) is 0.110. The van der Waals surface area contributed by atoms with E-state index in [9.17, 15) is 19.8 Å². The van der Waals surface area contributed by atoms with E-state index in [1.54, 1.807) is 0 Å². The third kappa shape index (κ3) is 12.3. The lowest BCUT2D eigenvalue weighted by molar-refractivity contribution is -0.160. The van der Waals surface area contributed by atoms with E-state index in [0.717, 1.165) is 35.1 Å². The first kappa shape index (κ1) is 55.3. The van der Waals surface area contributed by atoms with Gasteiger partial charge in [-0.25, -0.2) is 0 Å². The zero-order valence-electron chi connectivity index (χ0n) is 41.8. The average molecular weight is 1010 g/mol. The lowest BCUT2D eigenvalue weighted by Crippen LogP contribution is -2.59. The molecule has 2 saturated heterocycles. The third-order valence-electron chi connectivity index (χ3n) is 15.3. The molecule has 368 valence electrons. The zero-order valence-corrected chi connectivity index (χ0v) is 44.8. The maximum absolute atomic E-state index is 14.3. The van der Waals surface area contributed by atoms with Crippen LogP contribution < -0.4 is 0 Å². The molecule has 0 aromatic heterocycles. The summed E-state index contributed by atoms with van der Waals surface area (Å²) in [6.45, 7) is 27.5. The average Bonchev–Trinajstić information content (AvgIpc) is 3.27. The van der Waals surface area contributed by atoms with Gasteiger partial charge in [-0.3, -0.25) is 9.59 Å². The van der Waals surface area contributed by atoms with Gasteiger partial charge in [0.1, 0.15) is 0 Å². The van der Waals surface area contributed by atoms with Crippen LogP contribution in [0.25, 0.3) is 0 Å². The molecule has 2 amide bonds. The third-order valence-corrected chi connectivity index (χ3v) is 16.3. The second-order valence-corrected chi connectivity index (χ2v) is 22.8. The highest BCUT2D eigenvalue weighted by Gasteiger charge is 2.54. The maximum Gasteiger partial charge on any atom is 0.229 e. The predicted molar refractivity (Wildman–Crippen MR) is 285 cm³/mol. The Balaban J connectivity index is 0.000000254. The Kier molecular flexibility index (Phi) is 18.4. The van der Waals surface area contributed by atoms with Gasteiger partial charge in [0.2, 0.25) is 11.8 Å². The summed E-state index contributed by atoms with van der Waals surface area (Å²) in [7, 11) is 0. The van der Waals surface area contributed by atoms with Gasteiger partial charge in [-0.15, -0.1) is 13.2 Å². The summed E-state index contributed by atoms with van der Waals surface area (Å²) in [5.74, 6) is -0.0250. The number of rotatable bonds is 16. The van der Waals surface area contributed by atoms with Crippen molar-refractivity contribution in [1.29, 1.82) is 0 Å². The van der Waals surface area contributed by atoms with E-state index < -0.39 is 22.0 Å². The molecule has 10 atom stereocenters. The molecule has 2 N–H and O–H groups in total. The lowest BCUT2D eigenvalue weighted by atomic mass is 9.66. The van der Waals surface area contributed by atoms with E-state index in [1.165, 1.54) is 0 Å². The van der Waals surface area contributed by atoms with Gasteiger partial charge in [-0.05, 0) is 137 Å². The van der Waals surface area contributed by atoms with Gasteiger partial charge >= 0.3 is 0 Å². The van der Waals surface area contributed by atoms with Crippen molar-refractivity contribution in [2.24, 2.45) is 22.7 Å². The van der Waals surface area contributed by atoms with Crippen LogP contribution in [-0.4, -0.2) is 55.1 Å². The Bertz CT molecular complexity index is 2190. The van der Waals surface area contributed by atoms with Gasteiger partial charge in [0.05, 0.1) is 34.1 Å². The van der Waals surface area contributed by atoms with E-state index >= 15 is 0 Å². The van der Waals surface area contributed by atoms with Crippen LogP contribution in [0.1, 0.15) is 154 Å². The number of aliphatic hydroxyl groups is 2. The lowest BCUT2D eigenvalue weighted by Gasteiger charge is -2.54. The van der Waals surface area contributed by atoms with Crippen LogP contribution in [0.15, 0.2) is 122 Å². The first-order valence-electron chi connectivity index (χ1n) is 24.2. The minimum atomic E-state index is -0.941. The van der Waals surface area contributed by atoms with Crippen molar-refractivity contribution < 1.29 is 19.8 Å². The topological polar surface area (TPSA) is 81.1 Å². The van der Waals surface area contributed by atoms with Gasteiger partial charge < -0.3 is 20.0 Å². The molecule has 2 fully saturated rings. The minimum absolute atomic E-state index is 0.0191. The molecule has 68 heavy (non-hydrogen) atoms. The summed E-state index contributed by atoms with van der Waals surface area (Å²) < 4.78 is 0. The summed E-state index contributed by atoms with van der Waals surface area (Å²) in [4.78, 5) is 32.7. The number of likely N-dealkylation sites (tertiary alicyclic amines) is 2. The van der Waals surface area contributed by atoms with Gasteiger partial charge in [0, 0.05) is 55.8 Å². The van der Waals surface area contributed by atoms with Crippen molar-refractivity contribution in [1.82, 2.24) is 9.80 Å². The van der Waals surface area contributed by atoms with Crippen LogP contribution in [0, 0.1) is 22.7 Å². The van der Waals surface area contributed by atoms with E-state index in [4.69, 9.17) is 46.4 Å². The molecule has 2 aliphatic rings. The van der Waals surface area contributed by atoms with E-state index in [1.807, 2.05) is 152 Å². The molecule has 2 heterocycles. The summed E-state index contributed by atoms with van der Waals surface area (Å²) in [6, 6.07) is 30.8. The molecular weight excluding hydrogens is 930 g/mol. The fourth-order valence-electron chi connectivity index (χ4n) is 11.0. The molecule has 0 spiro atoms. The SMILES string of the molecule is C=CC[C@@]1(C)C[C@H](c2cccc(Cl)c2)[C@@H](c2ccc(Cl)cc2)N([C@@H](CC)[C@@H](C)C(C)(C)O)C1=O.C=CC[C@@]1(C)C[C@H](c2cccc(Cl)c2)[C@@H](c2ccc(Cl)cc2)N([C@@H](CC)[C@H](C)C(C)(C)O)C1=O. The normalized spacial score (nSPS) is 25.2. The van der Waals surface area contributed by atoms with E-state index in [2.05, 4.69) is 48.9 Å². The second kappa shape index (κ2) is 22.6. The van der Waals surface area contributed by atoms with Crippen molar-refractivity contribution >= 4 is 58.2 Å². The van der Waals surface area contributed by atoms with Crippen LogP contribution in [0.4, 0.5) is 0 Å². The Hall–Kier alpha value is -3.62. The van der Waals surface area contributed by atoms with Crippen molar-refractivity contribution in [3.05, 3.63) is 165 Å². The molecule has 0 aliphatic carbocycles. The van der Waals surface area contributed by atoms with Gasteiger partial charge in [-0.1, -0.05) is 149 Å². The number of nitrogens with zero attached hydrogens (tertiary/aromatic N) is 2. The van der Waals surface area contributed by atoms with Crippen molar-refractivity contribution in [3.63, 3.8) is 0 Å². The largest absolute Gasteiger partial charge is 0.390 e. The molecular formula is C58H74Cl4N2O4. The predicted octanol–water partition coefficient (Wildman–Crippen LogP) is 15.6. The number of amides is 2. The molecule has 4 aromatic rings. The zero-order chi connectivity index (χ0) is 50.5. The van der Waals surface area contributed by atoms with Gasteiger partial charge in [-0.2, -0.15) is 0 Å². The van der Waals surface area contributed by atoms with Gasteiger partial charge in [0.15, 0.2) is 0 Å². The highest BCUT2D eigenvalue weighted by Crippen LogP contribution is 2.55. The fraction of sp³-hybridized carbons (Fsp3) is 0.483. The fourth-order valence-corrected chi connectivity index (χ4v) is 11.7. The molecule has 6 nitrogen and oxygen atoms in total. The second-order valence-electron chi connectivity index (χ2n) is 21.1. The standard InChI is InChI=1S/2C29H37Cl2NO2/c2*1-7-16-29(6)18-24(21-10-9-11-23(31)17-21)26(20-12-14-22(30)15-13-20)32(27(29)33)25(8-2)19(3)28(4,5)34/h2*7,9-15,17,19,24-26,34H,1,8,16,18H2,2-6H3/t19-,24+,25-,26+,29-;19-,24-,25+,26-,29+/m01/s1. The molecule has 2 aliphatic heterocycles. The molecule has 6 rings (SSSR count). The molecule has 4 aromatic carbocycles. The summed E-state index contributed by atoms with van der Waals surface area (Å²) in [6.07, 6.45) is 7.66. The summed E-state index contributed by atoms with van der Waals surface area (Å²) in [5, 5.41) is 24.6. The number of hydrogen-bond donors (Lipinski definition) is 2. The Labute approximate surface area is 427 Å². The molecule has 0 bridgehead atoms. The number of piperidine rings is 2. The Morgan fingerprint density at radius 3 is 1.18 bits per heavy atom. The van der Waals surface area contributed by atoms with Crippen molar-refractivity contribution in [2.75, 3.05) is 0 Å². The van der Waals surface area contributed by atoms with Gasteiger partial charge in [0.25, 0.3) is 0 Å². The monoisotopic (exact) mass is 1000 g/mol. The van der Waals surface area contributed by atoms with Crippen LogP contribution in [0.2, 0.25) is 20.1 Å². The summed E-state index contributed by atoms with van der Waals surface area (Å²) in [5.41, 5.74) is 1.17. The molecule has 0 unspecified atom stereocenters. The Morgan fingerprint density at radius 2 is 0.912 bits per heavy atom. The first-order valence-corrected chi connectivity index (χ1v) is 25.7. The van der Waals surface area contributed by atoms with E-state index in [0.29, 0.717) is 45.8 Å². The Morgan fingerprint density at radius 1 is 0.588 bits per heavy atom. The number of halogens is 4. The highest BCUT2D eigenvalue weighted by molar-refractivity contribution is 6.31. The van der Waals surface area contributed by atoms with Crippen molar-refractivity contribution in [3.8, 4) is 0 Å².